The Morgan fingerprint density at radius 2 is 1.20 bits per heavy atom. The minimum Gasteiger partial charge on any atom is -0.385 e. The molecule has 0 aromatic rings. The zero-order chi connectivity index (χ0) is 16.1. The quantitative estimate of drug-likeness (QED) is 0.580. The van der Waals surface area contributed by atoms with Gasteiger partial charge < -0.3 is 23.7 Å². The zero-order valence-electron chi connectivity index (χ0n) is 14.6. The van der Waals surface area contributed by atoms with Crippen molar-refractivity contribution < 1.29 is 23.7 Å². The average molecular weight is 296 g/mol. The summed E-state index contributed by atoms with van der Waals surface area (Å²) in [5.41, 5.74) is 0. The van der Waals surface area contributed by atoms with Crippen molar-refractivity contribution in [3.05, 3.63) is 0 Å². The molecule has 0 bridgehead atoms. The third-order valence-electron chi connectivity index (χ3n) is 2.25. The molecule has 0 rings (SSSR count). The maximum atomic E-state index is 4.87. The topological polar surface area (TPSA) is 46.2 Å². The molecule has 0 aliphatic carbocycles. The third-order valence-corrected chi connectivity index (χ3v) is 2.25. The summed E-state index contributed by atoms with van der Waals surface area (Å²) in [5.74, 6) is 0. The van der Waals surface area contributed by atoms with Gasteiger partial charge in [-0.05, 0) is 13.3 Å². The first kappa shape index (κ1) is 24.8. The van der Waals surface area contributed by atoms with E-state index in [2.05, 4.69) is 16.4 Å². The van der Waals surface area contributed by atoms with Crippen LogP contribution in [-0.2, 0) is 23.7 Å². The zero-order valence-corrected chi connectivity index (χ0v) is 14.6. The normalized spacial score (nSPS) is 10.9. The number of rotatable bonds is 10. The van der Waals surface area contributed by atoms with E-state index in [9.17, 15) is 0 Å². The maximum Gasteiger partial charge on any atom is 0.0776 e. The van der Waals surface area contributed by atoms with E-state index in [1.165, 1.54) is 19.3 Å². The van der Waals surface area contributed by atoms with Crippen LogP contribution in [0.2, 0.25) is 0 Å². The van der Waals surface area contributed by atoms with E-state index in [0.717, 1.165) is 6.61 Å². The predicted molar refractivity (Wildman–Crippen MR) is 83.5 cm³/mol. The molecule has 5 nitrogen and oxygen atoms in total. The van der Waals surface area contributed by atoms with Crippen LogP contribution in [0, 0.1) is 0 Å². The second-order valence-corrected chi connectivity index (χ2v) is 4.19. The second-order valence-electron chi connectivity index (χ2n) is 4.19. The molecule has 1 atom stereocenters. The van der Waals surface area contributed by atoms with Crippen molar-refractivity contribution >= 4 is 0 Å². The molecule has 0 aliphatic heterocycles. The molecule has 0 aliphatic rings. The van der Waals surface area contributed by atoms with Gasteiger partial charge in [-0.3, -0.25) is 0 Å². The first-order valence-electron chi connectivity index (χ1n) is 7.12. The molecule has 0 aromatic carbocycles. The molecule has 0 heterocycles. The Morgan fingerprint density at radius 1 is 0.700 bits per heavy atom. The van der Waals surface area contributed by atoms with Gasteiger partial charge in [0.15, 0.2) is 0 Å². The molecular formula is C15H36O5. The van der Waals surface area contributed by atoms with Gasteiger partial charge in [0.25, 0.3) is 0 Å². The summed E-state index contributed by atoms with van der Waals surface area (Å²) < 4.78 is 23.8. The predicted octanol–water partition coefficient (Wildman–Crippen LogP) is 2.77. The molecule has 5 heteroatoms. The van der Waals surface area contributed by atoms with Crippen LogP contribution in [0.25, 0.3) is 0 Å². The largest absolute Gasteiger partial charge is 0.385 e. The van der Waals surface area contributed by atoms with Crippen LogP contribution in [-0.4, -0.2) is 68.1 Å². The highest BCUT2D eigenvalue weighted by Crippen LogP contribution is 1.91. The lowest BCUT2D eigenvalue weighted by Crippen LogP contribution is -2.11. The molecule has 0 radical (unpaired) electrons. The fraction of sp³-hybridized carbons (Fsp3) is 1.00. The summed E-state index contributed by atoms with van der Waals surface area (Å²) in [4.78, 5) is 0. The summed E-state index contributed by atoms with van der Waals surface area (Å²) in [6.45, 7) is 7.14. The molecule has 20 heavy (non-hydrogen) atoms. The van der Waals surface area contributed by atoms with E-state index in [-0.39, 0.29) is 6.10 Å². The van der Waals surface area contributed by atoms with Crippen LogP contribution >= 0.6 is 0 Å². The Hall–Kier alpha value is -0.200. The molecule has 0 saturated heterocycles. The van der Waals surface area contributed by atoms with Crippen LogP contribution < -0.4 is 0 Å². The molecule has 0 aromatic heterocycles. The molecule has 0 spiro atoms. The van der Waals surface area contributed by atoms with Gasteiger partial charge in [0.05, 0.1) is 25.9 Å². The van der Waals surface area contributed by atoms with Crippen molar-refractivity contribution in [2.75, 3.05) is 62.0 Å². The van der Waals surface area contributed by atoms with Crippen molar-refractivity contribution in [2.45, 2.75) is 39.2 Å². The number of hydrogen-bond donors (Lipinski definition) is 0. The molecule has 0 saturated carbocycles. The van der Waals surface area contributed by atoms with E-state index < -0.39 is 0 Å². The third kappa shape index (κ3) is 36.1. The lowest BCUT2D eigenvalue weighted by Gasteiger charge is -2.05. The second kappa shape index (κ2) is 27.2. The first-order chi connectivity index (χ1) is 9.64. The van der Waals surface area contributed by atoms with E-state index in [4.69, 9.17) is 14.2 Å². The Kier molecular flexibility index (Phi) is 33.7. The summed E-state index contributed by atoms with van der Waals surface area (Å²) in [7, 11) is 8.38. The fourth-order valence-corrected chi connectivity index (χ4v) is 0.966. The van der Waals surface area contributed by atoms with Crippen molar-refractivity contribution in [2.24, 2.45) is 0 Å². The Labute approximate surface area is 125 Å². The first-order valence-corrected chi connectivity index (χ1v) is 7.12. The molecule has 0 amide bonds. The van der Waals surface area contributed by atoms with Crippen molar-refractivity contribution in [3.8, 4) is 0 Å². The van der Waals surface area contributed by atoms with Gasteiger partial charge in [-0.15, -0.1) is 0 Å². The Balaban J connectivity index is -0.000000218. The van der Waals surface area contributed by atoms with Crippen LogP contribution in [0.1, 0.15) is 33.1 Å². The highest BCUT2D eigenvalue weighted by Gasteiger charge is 1.93. The highest BCUT2D eigenvalue weighted by atomic mass is 16.5. The molecule has 0 fully saturated rings. The van der Waals surface area contributed by atoms with E-state index in [1.54, 1.807) is 35.5 Å². The van der Waals surface area contributed by atoms with Crippen LogP contribution in [0.5, 0.6) is 0 Å². The molecule has 126 valence electrons. The smallest absolute Gasteiger partial charge is 0.0776 e. The van der Waals surface area contributed by atoms with Crippen LogP contribution in [0.4, 0.5) is 0 Å². The van der Waals surface area contributed by atoms with Crippen molar-refractivity contribution in [3.63, 3.8) is 0 Å². The Morgan fingerprint density at radius 3 is 1.45 bits per heavy atom. The van der Waals surface area contributed by atoms with Gasteiger partial charge in [-0.1, -0.05) is 19.8 Å². The number of hydrogen-bond acceptors (Lipinski definition) is 5. The van der Waals surface area contributed by atoms with Gasteiger partial charge in [0.2, 0.25) is 0 Å². The maximum absolute atomic E-state index is 4.87. The molecule has 1 unspecified atom stereocenters. The van der Waals surface area contributed by atoms with E-state index in [0.29, 0.717) is 19.8 Å². The lowest BCUT2D eigenvalue weighted by molar-refractivity contribution is 0.0401. The van der Waals surface area contributed by atoms with Crippen molar-refractivity contribution in [1.29, 1.82) is 0 Å². The van der Waals surface area contributed by atoms with Gasteiger partial charge in [-0.25, -0.2) is 0 Å². The number of methoxy groups -OCH3 is 5. The lowest BCUT2D eigenvalue weighted by atomic mass is 10.3. The van der Waals surface area contributed by atoms with E-state index >= 15 is 0 Å². The summed E-state index contributed by atoms with van der Waals surface area (Å²) >= 11 is 0. The number of ether oxygens (including phenoxy) is 5. The van der Waals surface area contributed by atoms with Crippen molar-refractivity contribution in [1.82, 2.24) is 0 Å². The van der Waals surface area contributed by atoms with Crippen LogP contribution in [0.15, 0.2) is 0 Å². The minimum atomic E-state index is 0.227. The average Bonchev–Trinajstić information content (AvgIpc) is 2.47. The fourth-order valence-electron chi connectivity index (χ4n) is 0.966. The minimum absolute atomic E-state index is 0.227. The summed E-state index contributed by atoms with van der Waals surface area (Å²) in [6.07, 6.45) is 4.02. The van der Waals surface area contributed by atoms with Gasteiger partial charge in [-0.2, -0.15) is 0 Å². The number of unbranched alkanes of at least 4 members (excludes halogenated alkanes) is 2. The van der Waals surface area contributed by atoms with Gasteiger partial charge >= 0.3 is 0 Å². The SMILES string of the molecule is CCCCCOC.COCC(C)OC.COCCOC. The Bertz CT molecular complexity index is 125. The van der Waals surface area contributed by atoms with Gasteiger partial charge in [0.1, 0.15) is 0 Å². The monoisotopic (exact) mass is 296 g/mol. The summed E-state index contributed by atoms with van der Waals surface area (Å²) in [5, 5.41) is 0. The molecule has 0 N–H and O–H groups in total. The van der Waals surface area contributed by atoms with Crippen LogP contribution in [0.3, 0.4) is 0 Å². The highest BCUT2D eigenvalue weighted by molar-refractivity contribution is 4.41. The van der Waals surface area contributed by atoms with Gasteiger partial charge in [0, 0.05) is 42.2 Å². The summed E-state index contributed by atoms with van der Waals surface area (Å²) in [6, 6.07) is 0. The standard InChI is InChI=1S/C6H14O.C5H12O2.C4H10O2/c1-3-4-5-6-7-2;1-5(7-3)4-6-2;1-5-3-4-6-2/h3-6H2,1-2H3;5H,4H2,1-3H3;3-4H2,1-2H3. The molecular weight excluding hydrogens is 260 g/mol. The van der Waals surface area contributed by atoms with E-state index in [1.807, 2.05) is 6.92 Å².